The lowest BCUT2D eigenvalue weighted by Gasteiger charge is -2.19. The Bertz CT molecular complexity index is 699. The molecule has 0 aromatic heterocycles. The first-order valence-corrected chi connectivity index (χ1v) is 7.87. The minimum absolute atomic E-state index is 0.0388. The van der Waals surface area contributed by atoms with Gasteiger partial charge in [-0.05, 0) is 31.4 Å². The van der Waals surface area contributed by atoms with E-state index in [1.54, 1.807) is 29.2 Å². The highest BCUT2D eigenvalue weighted by molar-refractivity contribution is 6.35. The molecule has 8 heteroatoms. The molecule has 1 aliphatic carbocycles. The highest BCUT2D eigenvalue weighted by atomic mass is 16.2. The summed E-state index contributed by atoms with van der Waals surface area (Å²) in [7, 11) is 0. The van der Waals surface area contributed by atoms with Gasteiger partial charge in [-0.15, -0.1) is 0 Å². The predicted octanol–water partition coefficient (Wildman–Crippen LogP) is -0.147. The average Bonchev–Trinajstić information content (AvgIpc) is 3.30. The molecule has 1 aromatic carbocycles. The van der Waals surface area contributed by atoms with E-state index in [1.165, 1.54) is 0 Å². The van der Waals surface area contributed by atoms with Gasteiger partial charge in [0.15, 0.2) is 0 Å². The van der Waals surface area contributed by atoms with E-state index in [-0.39, 0.29) is 17.5 Å². The number of carbonyl (C=O) groups excluding carboxylic acids is 4. The van der Waals surface area contributed by atoms with Crippen LogP contribution < -0.4 is 21.1 Å². The molecule has 1 saturated heterocycles. The molecule has 0 bridgehead atoms. The van der Waals surface area contributed by atoms with Crippen LogP contribution in [0.4, 0.5) is 5.69 Å². The Morgan fingerprint density at radius 1 is 1.04 bits per heavy atom. The third-order valence-corrected chi connectivity index (χ3v) is 3.92. The van der Waals surface area contributed by atoms with Gasteiger partial charge in [0.2, 0.25) is 5.91 Å². The normalized spacial score (nSPS) is 16.7. The number of rotatable bonds is 3. The van der Waals surface area contributed by atoms with Gasteiger partial charge in [0.1, 0.15) is 0 Å². The number of amides is 4. The standard InChI is InChI=1S/C16H18N4O4/c21-13-6-3-9-20(13)12-5-2-1-4-11(12)14(22)18-19-16(24)15(23)17-10-7-8-10/h1-2,4-5,10H,3,6-9H2,(H,17,23)(H,18,22)(H,19,24). The van der Waals surface area contributed by atoms with Gasteiger partial charge in [0.25, 0.3) is 5.91 Å². The van der Waals surface area contributed by atoms with E-state index in [0.29, 0.717) is 18.7 Å². The molecular weight excluding hydrogens is 312 g/mol. The average molecular weight is 330 g/mol. The maximum Gasteiger partial charge on any atom is 0.327 e. The van der Waals surface area contributed by atoms with Crippen LogP contribution in [0.3, 0.4) is 0 Å². The summed E-state index contributed by atoms with van der Waals surface area (Å²) < 4.78 is 0. The zero-order valence-electron chi connectivity index (χ0n) is 13.0. The Kier molecular flexibility index (Phi) is 4.45. The molecule has 126 valence electrons. The van der Waals surface area contributed by atoms with E-state index >= 15 is 0 Å². The van der Waals surface area contributed by atoms with Crippen molar-refractivity contribution in [1.82, 2.24) is 16.2 Å². The number of hydrazine groups is 1. The molecular formula is C16H18N4O4. The van der Waals surface area contributed by atoms with Crippen molar-refractivity contribution in [2.45, 2.75) is 31.7 Å². The highest BCUT2D eigenvalue weighted by Gasteiger charge is 2.28. The molecule has 0 atom stereocenters. The van der Waals surface area contributed by atoms with Gasteiger partial charge in [0, 0.05) is 19.0 Å². The third-order valence-electron chi connectivity index (χ3n) is 3.92. The fourth-order valence-electron chi connectivity index (χ4n) is 2.52. The summed E-state index contributed by atoms with van der Waals surface area (Å²) in [5.74, 6) is -2.33. The molecule has 1 aliphatic heterocycles. The number of hydrogen-bond acceptors (Lipinski definition) is 4. The van der Waals surface area contributed by atoms with Crippen molar-refractivity contribution in [3.8, 4) is 0 Å². The Morgan fingerprint density at radius 2 is 1.79 bits per heavy atom. The number of anilines is 1. The van der Waals surface area contributed by atoms with E-state index in [1.807, 2.05) is 0 Å². The summed E-state index contributed by atoms with van der Waals surface area (Å²) in [6.45, 7) is 0.555. The van der Waals surface area contributed by atoms with Crippen LogP contribution in [-0.2, 0) is 14.4 Å². The lowest BCUT2D eigenvalue weighted by molar-refractivity contribution is -0.139. The SMILES string of the molecule is O=C(NNC(=O)c1ccccc1N1CCCC1=O)C(=O)NC1CC1. The molecule has 8 nitrogen and oxygen atoms in total. The molecule has 1 heterocycles. The summed E-state index contributed by atoms with van der Waals surface area (Å²) in [6.07, 6.45) is 2.92. The van der Waals surface area contributed by atoms with Crippen LogP contribution in [0.15, 0.2) is 24.3 Å². The van der Waals surface area contributed by atoms with Gasteiger partial charge < -0.3 is 10.2 Å². The molecule has 2 aliphatic rings. The Hall–Kier alpha value is -2.90. The number of carbonyl (C=O) groups is 4. The van der Waals surface area contributed by atoms with E-state index in [4.69, 9.17) is 0 Å². The Balaban J connectivity index is 1.63. The molecule has 24 heavy (non-hydrogen) atoms. The lowest BCUT2D eigenvalue weighted by atomic mass is 10.1. The summed E-state index contributed by atoms with van der Waals surface area (Å²) in [6, 6.07) is 6.70. The quantitative estimate of drug-likeness (QED) is 0.529. The van der Waals surface area contributed by atoms with Crippen molar-refractivity contribution < 1.29 is 19.2 Å². The third kappa shape index (κ3) is 3.53. The van der Waals surface area contributed by atoms with Gasteiger partial charge in [-0.1, -0.05) is 12.1 Å². The van der Waals surface area contributed by atoms with Gasteiger partial charge >= 0.3 is 11.8 Å². The van der Waals surface area contributed by atoms with Crippen LogP contribution in [-0.4, -0.2) is 36.2 Å². The summed E-state index contributed by atoms with van der Waals surface area (Å²) in [5.41, 5.74) is 5.06. The smallest absolute Gasteiger partial charge is 0.327 e. The summed E-state index contributed by atoms with van der Waals surface area (Å²) in [4.78, 5) is 48.9. The molecule has 1 saturated carbocycles. The lowest BCUT2D eigenvalue weighted by Crippen LogP contribution is -2.49. The van der Waals surface area contributed by atoms with E-state index in [2.05, 4.69) is 16.2 Å². The second kappa shape index (κ2) is 6.69. The zero-order valence-corrected chi connectivity index (χ0v) is 13.0. The van der Waals surface area contributed by atoms with Gasteiger partial charge in [-0.25, -0.2) is 0 Å². The fourth-order valence-corrected chi connectivity index (χ4v) is 2.52. The second-order valence-electron chi connectivity index (χ2n) is 5.82. The summed E-state index contributed by atoms with van der Waals surface area (Å²) in [5, 5.41) is 2.52. The van der Waals surface area contributed by atoms with Gasteiger partial charge in [0.05, 0.1) is 11.3 Å². The molecule has 3 N–H and O–H groups in total. The number of nitrogens with one attached hydrogen (secondary N) is 3. The molecule has 0 spiro atoms. The molecule has 1 aromatic rings. The van der Waals surface area contributed by atoms with Crippen LogP contribution in [0.2, 0.25) is 0 Å². The minimum Gasteiger partial charge on any atom is -0.345 e. The Morgan fingerprint density at radius 3 is 2.46 bits per heavy atom. The molecule has 3 rings (SSSR count). The minimum atomic E-state index is -0.926. The van der Waals surface area contributed by atoms with Crippen LogP contribution in [0.1, 0.15) is 36.0 Å². The zero-order chi connectivity index (χ0) is 17.1. The largest absolute Gasteiger partial charge is 0.345 e. The number of para-hydroxylation sites is 1. The van der Waals surface area contributed by atoms with Gasteiger partial charge in [-0.3, -0.25) is 30.0 Å². The van der Waals surface area contributed by atoms with E-state index < -0.39 is 17.7 Å². The van der Waals surface area contributed by atoms with Crippen molar-refractivity contribution in [2.24, 2.45) is 0 Å². The van der Waals surface area contributed by atoms with Crippen molar-refractivity contribution in [2.75, 3.05) is 11.4 Å². The highest BCUT2D eigenvalue weighted by Crippen LogP contribution is 2.25. The molecule has 0 unspecified atom stereocenters. The maximum atomic E-state index is 12.3. The fraction of sp³-hybridized carbons (Fsp3) is 0.375. The van der Waals surface area contributed by atoms with Crippen LogP contribution >= 0.6 is 0 Å². The Labute approximate surface area is 138 Å². The monoisotopic (exact) mass is 330 g/mol. The number of benzene rings is 1. The number of nitrogens with zero attached hydrogens (tertiary/aromatic N) is 1. The van der Waals surface area contributed by atoms with Crippen molar-refractivity contribution in [3.05, 3.63) is 29.8 Å². The first kappa shape index (κ1) is 16.0. The van der Waals surface area contributed by atoms with Crippen molar-refractivity contribution >= 4 is 29.3 Å². The molecule has 4 amide bonds. The first-order chi connectivity index (χ1) is 11.6. The topological polar surface area (TPSA) is 108 Å². The number of hydrogen-bond donors (Lipinski definition) is 3. The van der Waals surface area contributed by atoms with E-state index in [0.717, 1.165) is 19.3 Å². The van der Waals surface area contributed by atoms with Crippen molar-refractivity contribution in [3.63, 3.8) is 0 Å². The second-order valence-corrected chi connectivity index (χ2v) is 5.82. The van der Waals surface area contributed by atoms with E-state index in [9.17, 15) is 19.2 Å². The molecule has 2 fully saturated rings. The van der Waals surface area contributed by atoms with Gasteiger partial charge in [-0.2, -0.15) is 0 Å². The van der Waals surface area contributed by atoms with Crippen molar-refractivity contribution in [1.29, 1.82) is 0 Å². The van der Waals surface area contributed by atoms with Crippen LogP contribution in [0.25, 0.3) is 0 Å². The first-order valence-electron chi connectivity index (χ1n) is 7.87. The van der Waals surface area contributed by atoms with Crippen LogP contribution in [0, 0.1) is 0 Å². The maximum absolute atomic E-state index is 12.3. The summed E-state index contributed by atoms with van der Waals surface area (Å²) >= 11 is 0. The van der Waals surface area contributed by atoms with Crippen LogP contribution in [0.5, 0.6) is 0 Å². The molecule has 0 radical (unpaired) electrons. The predicted molar refractivity (Wildman–Crippen MR) is 84.8 cm³/mol.